The molecule has 1 fully saturated rings. The molecule has 10 nitrogen and oxygen atoms in total. The number of hydrogen-bond acceptors (Lipinski definition) is 7. The number of piperidine rings is 1. The Morgan fingerprint density at radius 2 is 1.52 bits per heavy atom. The number of aromatic nitrogens is 2. The molecule has 46 heavy (non-hydrogen) atoms. The molecule has 0 bridgehead atoms. The molecular formula is C34H33N5O5S2. The Labute approximate surface area is 268 Å². The molecule has 2 aliphatic heterocycles. The van der Waals surface area contributed by atoms with Gasteiger partial charge >= 0.3 is 6.03 Å². The first-order valence-corrected chi connectivity index (χ1v) is 18.5. The number of pyridine rings is 1. The summed E-state index contributed by atoms with van der Waals surface area (Å²) in [6, 6.07) is 26.9. The summed E-state index contributed by atoms with van der Waals surface area (Å²) in [5.74, 6) is 0. The Kier molecular flexibility index (Phi) is 7.66. The zero-order valence-electron chi connectivity index (χ0n) is 25.2. The summed E-state index contributed by atoms with van der Waals surface area (Å²) in [6.45, 7) is 2.33. The number of fused-ring (bicyclic) bond motifs is 3. The van der Waals surface area contributed by atoms with Crippen molar-refractivity contribution in [1.82, 2.24) is 13.9 Å². The first kappa shape index (κ1) is 30.2. The van der Waals surface area contributed by atoms with E-state index in [4.69, 9.17) is 0 Å². The van der Waals surface area contributed by atoms with Gasteiger partial charge in [0.25, 0.3) is 10.0 Å². The Bertz CT molecular complexity index is 2140. The highest BCUT2D eigenvalue weighted by atomic mass is 32.2. The lowest BCUT2D eigenvalue weighted by Gasteiger charge is -2.31. The minimum absolute atomic E-state index is 0.140. The van der Waals surface area contributed by atoms with Gasteiger partial charge in [-0.05, 0) is 67.4 Å². The maximum atomic E-state index is 14.2. The Morgan fingerprint density at radius 1 is 0.870 bits per heavy atom. The molecule has 0 unspecified atom stereocenters. The highest BCUT2D eigenvalue weighted by molar-refractivity contribution is 7.91. The number of nitrogens with one attached hydrogen (secondary N) is 1. The van der Waals surface area contributed by atoms with Crippen molar-refractivity contribution in [3.05, 3.63) is 108 Å². The molecule has 7 rings (SSSR count). The fraction of sp³-hybridized carbons (Fsp3) is 0.235. The second-order valence-electron chi connectivity index (χ2n) is 11.9. The van der Waals surface area contributed by atoms with Gasteiger partial charge in [-0.15, -0.1) is 0 Å². The van der Waals surface area contributed by atoms with Crippen molar-refractivity contribution in [2.75, 3.05) is 29.6 Å². The number of carbonyl (C=O) groups is 1. The van der Waals surface area contributed by atoms with Crippen molar-refractivity contribution >= 4 is 48.3 Å². The van der Waals surface area contributed by atoms with Gasteiger partial charge in [0, 0.05) is 29.4 Å². The molecule has 5 aromatic rings. The van der Waals surface area contributed by atoms with Crippen molar-refractivity contribution in [2.24, 2.45) is 0 Å². The number of hydrogen-bond donors (Lipinski definition) is 1. The SMILES string of the molecule is CS(=O)(=O)C1CCN(Cc2ccc(-c3cc4c5c(cnc4n3S(=O)(=O)c3ccccc3)NC(=O)N(c3ccccc3)C5)cc2)CC1. The second kappa shape index (κ2) is 11.7. The lowest BCUT2D eigenvalue weighted by molar-refractivity contribution is 0.222. The fourth-order valence-corrected chi connectivity index (χ4v) is 8.93. The molecule has 2 aromatic heterocycles. The molecule has 4 heterocycles. The van der Waals surface area contributed by atoms with Gasteiger partial charge in [-0.1, -0.05) is 60.7 Å². The van der Waals surface area contributed by atoms with E-state index in [0.29, 0.717) is 54.8 Å². The van der Waals surface area contributed by atoms with Gasteiger partial charge in [0.1, 0.15) is 9.84 Å². The predicted octanol–water partition coefficient (Wildman–Crippen LogP) is 5.50. The highest BCUT2D eigenvalue weighted by Crippen LogP contribution is 2.38. The maximum absolute atomic E-state index is 14.2. The normalized spacial score (nSPS) is 16.4. The van der Waals surface area contributed by atoms with Crippen LogP contribution in [0.2, 0.25) is 0 Å². The van der Waals surface area contributed by atoms with E-state index in [1.165, 1.54) is 16.4 Å². The molecule has 236 valence electrons. The minimum Gasteiger partial charge on any atom is -0.306 e. The van der Waals surface area contributed by atoms with Gasteiger partial charge in [0.2, 0.25) is 0 Å². The third-order valence-electron chi connectivity index (χ3n) is 8.85. The average Bonchev–Trinajstić information content (AvgIpc) is 3.46. The van der Waals surface area contributed by atoms with E-state index in [-0.39, 0.29) is 28.4 Å². The van der Waals surface area contributed by atoms with E-state index in [1.54, 1.807) is 35.2 Å². The molecule has 12 heteroatoms. The topological polar surface area (TPSA) is 122 Å². The Morgan fingerprint density at radius 3 is 2.17 bits per heavy atom. The smallest absolute Gasteiger partial charge is 0.306 e. The number of likely N-dealkylation sites (tertiary alicyclic amines) is 1. The van der Waals surface area contributed by atoms with E-state index in [2.05, 4.69) is 15.2 Å². The Balaban J connectivity index is 1.28. The van der Waals surface area contributed by atoms with Crippen LogP contribution in [0.4, 0.5) is 16.2 Å². The van der Waals surface area contributed by atoms with Crippen molar-refractivity contribution in [1.29, 1.82) is 0 Å². The van der Waals surface area contributed by atoms with E-state index >= 15 is 0 Å². The van der Waals surface area contributed by atoms with Gasteiger partial charge in [0.15, 0.2) is 5.65 Å². The lowest BCUT2D eigenvalue weighted by Crippen LogP contribution is -2.38. The largest absolute Gasteiger partial charge is 0.326 e. The van der Waals surface area contributed by atoms with Crippen molar-refractivity contribution in [2.45, 2.75) is 36.1 Å². The van der Waals surface area contributed by atoms with E-state index in [9.17, 15) is 21.6 Å². The van der Waals surface area contributed by atoms with Crippen LogP contribution in [0, 0.1) is 0 Å². The molecular weight excluding hydrogens is 623 g/mol. The summed E-state index contributed by atoms with van der Waals surface area (Å²) in [5, 5.41) is 3.27. The minimum atomic E-state index is -4.06. The van der Waals surface area contributed by atoms with Gasteiger partial charge in [0.05, 0.1) is 34.3 Å². The molecule has 0 radical (unpaired) electrons. The number of rotatable bonds is 7. The first-order chi connectivity index (χ1) is 22.1. The lowest BCUT2D eigenvalue weighted by atomic mass is 10.1. The predicted molar refractivity (Wildman–Crippen MR) is 179 cm³/mol. The van der Waals surface area contributed by atoms with Crippen molar-refractivity contribution < 1.29 is 21.6 Å². The van der Waals surface area contributed by atoms with Gasteiger partial charge in [-0.2, -0.15) is 0 Å². The molecule has 0 saturated carbocycles. The van der Waals surface area contributed by atoms with Crippen LogP contribution in [0.15, 0.2) is 102 Å². The van der Waals surface area contributed by atoms with Crippen LogP contribution in [0.5, 0.6) is 0 Å². The molecule has 1 N–H and O–H groups in total. The Hall–Kier alpha value is -4.52. The summed E-state index contributed by atoms with van der Waals surface area (Å²) in [7, 11) is -7.10. The van der Waals surface area contributed by atoms with Crippen molar-refractivity contribution in [3.8, 4) is 11.3 Å². The zero-order valence-corrected chi connectivity index (χ0v) is 26.8. The number of anilines is 2. The number of urea groups is 1. The van der Waals surface area contributed by atoms with Crippen molar-refractivity contribution in [3.63, 3.8) is 0 Å². The number of nitrogens with zero attached hydrogens (tertiary/aromatic N) is 4. The molecule has 2 amide bonds. The number of sulfone groups is 1. The summed E-state index contributed by atoms with van der Waals surface area (Å²) in [6.07, 6.45) is 4.07. The van der Waals surface area contributed by atoms with Crippen LogP contribution in [0.25, 0.3) is 22.3 Å². The number of para-hydroxylation sites is 1. The van der Waals surface area contributed by atoms with Crippen LogP contribution in [-0.2, 0) is 33.0 Å². The fourth-order valence-electron chi connectivity index (χ4n) is 6.36. The standard InChI is InChI=1S/C34H33N5O5S2/c1-45(41,42)27-16-18-37(19-17-27)22-24-12-14-25(15-13-24)32-20-29-30-23-38(26-8-4-2-5-9-26)34(40)36-31(30)21-35-33(29)39(32)46(43,44)28-10-6-3-7-11-28/h2-15,20-21,27H,16-19,22-23H2,1H3,(H,36,40). The van der Waals surface area contributed by atoms with Crippen LogP contribution in [0.3, 0.4) is 0 Å². The zero-order chi connectivity index (χ0) is 32.1. The monoisotopic (exact) mass is 655 g/mol. The number of benzene rings is 3. The second-order valence-corrected chi connectivity index (χ2v) is 16.0. The highest BCUT2D eigenvalue weighted by Gasteiger charge is 2.31. The van der Waals surface area contributed by atoms with E-state index in [0.717, 1.165) is 16.8 Å². The summed E-state index contributed by atoms with van der Waals surface area (Å²) in [5.41, 5.74) is 4.52. The third kappa shape index (κ3) is 5.57. The van der Waals surface area contributed by atoms with E-state index < -0.39 is 19.9 Å². The third-order valence-corrected chi connectivity index (χ3v) is 12.2. The van der Waals surface area contributed by atoms with Crippen LogP contribution in [0.1, 0.15) is 24.0 Å². The number of carbonyl (C=O) groups excluding carboxylic acids is 1. The quantitative estimate of drug-likeness (QED) is 0.246. The van der Waals surface area contributed by atoms with Gasteiger partial charge in [-0.3, -0.25) is 9.80 Å². The van der Waals surface area contributed by atoms with E-state index in [1.807, 2.05) is 60.7 Å². The van der Waals surface area contributed by atoms with Crippen LogP contribution in [-0.4, -0.2) is 61.3 Å². The number of amides is 2. The molecule has 2 aliphatic rings. The summed E-state index contributed by atoms with van der Waals surface area (Å²) < 4.78 is 53.7. The summed E-state index contributed by atoms with van der Waals surface area (Å²) >= 11 is 0. The molecule has 3 aromatic carbocycles. The molecule has 0 atom stereocenters. The van der Waals surface area contributed by atoms with Gasteiger partial charge < -0.3 is 5.32 Å². The molecule has 0 aliphatic carbocycles. The molecule has 0 spiro atoms. The maximum Gasteiger partial charge on any atom is 0.326 e. The van der Waals surface area contributed by atoms with Crippen LogP contribution < -0.4 is 10.2 Å². The van der Waals surface area contributed by atoms with Crippen LogP contribution >= 0.6 is 0 Å². The first-order valence-electron chi connectivity index (χ1n) is 15.1. The average molecular weight is 656 g/mol. The van der Waals surface area contributed by atoms with Gasteiger partial charge in [-0.25, -0.2) is 30.6 Å². The summed E-state index contributed by atoms with van der Waals surface area (Å²) in [4.78, 5) is 21.6. The molecule has 1 saturated heterocycles.